The highest BCUT2D eigenvalue weighted by atomic mass is 16.5. The molecule has 5 nitrogen and oxygen atoms in total. The summed E-state index contributed by atoms with van der Waals surface area (Å²) in [7, 11) is 0. The van der Waals surface area contributed by atoms with Gasteiger partial charge in [-0.2, -0.15) is 0 Å². The minimum Gasteiger partial charge on any atom is -0.483 e. The molecule has 2 aromatic carbocycles. The molecule has 4 rings (SSSR count). The second-order valence-corrected chi connectivity index (χ2v) is 7.18. The van der Waals surface area contributed by atoms with E-state index in [2.05, 4.69) is 12.2 Å². The number of hydrogen-bond acceptors (Lipinski definition) is 4. The summed E-state index contributed by atoms with van der Waals surface area (Å²) < 4.78 is 11.4. The van der Waals surface area contributed by atoms with Crippen LogP contribution >= 0.6 is 0 Å². The van der Waals surface area contributed by atoms with Crippen molar-refractivity contribution in [2.45, 2.75) is 39.5 Å². The Labute approximate surface area is 163 Å². The number of benzene rings is 2. The summed E-state index contributed by atoms with van der Waals surface area (Å²) in [6, 6.07) is 11.5. The number of aryl methyl sites for hydroxylation is 3. The van der Waals surface area contributed by atoms with Gasteiger partial charge in [-0.3, -0.25) is 4.79 Å². The molecule has 1 aromatic heterocycles. The van der Waals surface area contributed by atoms with Crippen molar-refractivity contribution in [1.82, 2.24) is 0 Å². The second kappa shape index (κ2) is 7.50. The number of ether oxygens (including phenoxy) is 1. The van der Waals surface area contributed by atoms with Gasteiger partial charge in [-0.05, 0) is 67.5 Å². The van der Waals surface area contributed by atoms with Gasteiger partial charge in [0.15, 0.2) is 6.61 Å². The standard InChI is InChI=1S/C23H23NO4/c1-3-15-7-4-5-10-18(15)24-21(25)13-27-19-11-14(2)12-20-22(19)16-8-6-9-17(16)23(26)28-20/h4-5,7,10-12H,3,6,8-9,13H2,1-2H3,(H,24,25). The minimum absolute atomic E-state index is 0.107. The lowest BCUT2D eigenvalue weighted by Crippen LogP contribution is -2.21. The summed E-state index contributed by atoms with van der Waals surface area (Å²) in [5, 5.41) is 3.74. The molecule has 0 saturated heterocycles. The molecular formula is C23H23NO4. The van der Waals surface area contributed by atoms with Crippen molar-refractivity contribution in [3.63, 3.8) is 0 Å². The number of fused-ring (bicyclic) bond motifs is 3. The fraction of sp³-hybridized carbons (Fsp3) is 0.304. The lowest BCUT2D eigenvalue weighted by Gasteiger charge is -2.14. The lowest BCUT2D eigenvalue weighted by atomic mass is 10.0. The Balaban J connectivity index is 1.61. The SMILES string of the molecule is CCc1ccccc1NC(=O)COc1cc(C)cc2oc(=O)c3c(c12)CCC3. The van der Waals surface area contributed by atoms with Gasteiger partial charge in [-0.1, -0.05) is 25.1 Å². The quantitative estimate of drug-likeness (QED) is 0.678. The number of rotatable bonds is 5. The van der Waals surface area contributed by atoms with Crippen molar-refractivity contribution >= 4 is 22.6 Å². The highest BCUT2D eigenvalue weighted by Gasteiger charge is 2.22. The first-order valence-corrected chi connectivity index (χ1v) is 9.66. The van der Waals surface area contributed by atoms with Crippen LogP contribution in [0, 0.1) is 6.92 Å². The molecular weight excluding hydrogens is 354 g/mol. The summed E-state index contributed by atoms with van der Waals surface area (Å²) >= 11 is 0. The third-order valence-corrected chi connectivity index (χ3v) is 5.21. The molecule has 28 heavy (non-hydrogen) atoms. The summed E-state index contributed by atoms with van der Waals surface area (Å²) in [4.78, 5) is 24.7. The van der Waals surface area contributed by atoms with E-state index in [0.717, 1.165) is 59.0 Å². The van der Waals surface area contributed by atoms with Gasteiger partial charge in [0.05, 0.1) is 5.39 Å². The van der Waals surface area contributed by atoms with E-state index in [0.29, 0.717) is 11.3 Å². The molecule has 0 atom stereocenters. The zero-order valence-electron chi connectivity index (χ0n) is 16.1. The number of carbonyl (C=O) groups is 1. The zero-order valence-corrected chi connectivity index (χ0v) is 16.1. The minimum atomic E-state index is -0.259. The van der Waals surface area contributed by atoms with Gasteiger partial charge < -0.3 is 14.5 Å². The monoisotopic (exact) mass is 377 g/mol. The van der Waals surface area contributed by atoms with Gasteiger partial charge in [-0.25, -0.2) is 4.79 Å². The predicted molar refractivity (Wildman–Crippen MR) is 109 cm³/mol. The maximum atomic E-state index is 12.5. The summed E-state index contributed by atoms with van der Waals surface area (Å²) in [5.41, 5.74) is 4.81. The Hall–Kier alpha value is -3.08. The maximum Gasteiger partial charge on any atom is 0.339 e. The lowest BCUT2D eigenvalue weighted by molar-refractivity contribution is -0.118. The molecule has 3 aromatic rings. The van der Waals surface area contributed by atoms with Gasteiger partial charge in [0.2, 0.25) is 0 Å². The number of anilines is 1. The Morgan fingerprint density at radius 3 is 2.79 bits per heavy atom. The average molecular weight is 377 g/mol. The molecule has 0 unspecified atom stereocenters. The fourth-order valence-corrected chi connectivity index (χ4v) is 3.90. The van der Waals surface area contributed by atoms with Crippen LogP contribution in [0.4, 0.5) is 5.69 Å². The summed E-state index contributed by atoms with van der Waals surface area (Å²) in [5.74, 6) is 0.375. The Morgan fingerprint density at radius 1 is 1.18 bits per heavy atom. The van der Waals surface area contributed by atoms with Crippen molar-refractivity contribution in [1.29, 1.82) is 0 Å². The van der Waals surface area contributed by atoms with Gasteiger partial charge in [0.1, 0.15) is 11.3 Å². The highest BCUT2D eigenvalue weighted by Crippen LogP contribution is 2.35. The van der Waals surface area contributed by atoms with Crippen LogP contribution in [0.15, 0.2) is 45.6 Å². The van der Waals surface area contributed by atoms with E-state index in [4.69, 9.17) is 9.15 Å². The summed E-state index contributed by atoms with van der Waals surface area (Å²) in [6.45, 7) is 3.86. The molecule has 1 heterocycles. The van der Waals surface area contributed by atoms with Crippen molar-refractivity contribution in [2.24, 2.45) is 0 Å². The van der Waals surface area contributed by atoms with Crippen molar-refractivity contribution in [3.8, 4) is 5.75 Å². The normalized spacial score (nSPS) is 12.8. The predicted octanol–water partition coefficient (Wildman–Crippen LogP) is 4.17. The van der Waals surface area contributed by atoms with Crippen LogP contribution in [-0.2, 0) is 24.1 Å². The number of nitrogens with one attached hydrogen (secondary N) is 1. The van der Waals surface area contributed by atoms with Crippen LogP contribution in [0.2, 0.25) is 0 Å². The molecule has 1 amide bonds. The van der Waals surface area contributed by atoms with E-state index >= 15 is 0 Å². The molecule has 0 radical (unpaired) electrons. The molecule has 5 heteroatoms. The van der Waals surface area contributed by atoms with Gasteiger partial charge >= 0.3 is 5.63 Å². The van der Waals surface area contributed by atoms with E-state index in [9.17, 15) is 9.59 Å². The largest absolute Gasteiger partial charge is 0.483 e. The smallest absolute Gasteiger partial charge is 0.339 e. The first kappa shape index (κ1) is 18.3. The Morgan fingerprint density at radius 2 is 1.96 bits per heavy atom. The first-order valence-electron chi connectivity index (χ1n) is 9.66. The van der Waals surface area contributed by atoms with Gasteiger partial charge in [-0.15, -0.1) is 0 Å². The average Bonchev–Trinajstić information content (AvgIpc) is 3.16. The molecule has 1 aliphatic carbocycles. The topological polar surface area (TPSA) is 68.5 Å². The van der Waals surface area contributed by atoms with E-state index in [1.54, 1.807) is 0 Å². The highest BCUT2D eigenvalue weighted by molar-refractivity contribution is 5.93. The van der Waals surface area contributed by atoms with E-state index in [1.165, 1.54) is 0 Å². The van der Waals surface area contributed by atoms with Crippen LogP contribution in [0.5, 0.6) is 5.75 Å². The van der Waals surface area contributed by atoms with Crippen LogP contribution in [0.3, 0.4) is 0 Å². The van der Waals surface area contributed by atoms with Crippen LogP contribution in [0.25, 0.3) is 11.0 Å². The third-order valence-electron chi connectivity index (χ3n) is 5.21. The zero-order chi connectivity index (χ0) is 19.7. The molecule has 0 saturated carbocycles. The third kappa shape index (κ3) is 3.40. The number of para-hydroxylation sites is 1. The molecule has 0 fully saturated rings. The van der Waals surface area contributed by atoms with Crippen molar-refractivity contribution in [2.75, 3.05) is 11.9 Å². The Bertz CT molecular complexity index is 1110. The molecule has 0 spiro atoms. The number of hydrogen-bond donors (Lipinski definition) is 1. The van der Waals surface area contributed by atoms with Crippen LogP contribution in [-0.4, -0.2) is 12.5 Å². The molecule has 0 bridgehead atoms. The van der Waals surface area contributed by atoms with E-state index in [1.807, 2.05) is 43.3 Å². The number of carbonyl (C=O) groups excluding carboxylic acids is 1. The number of amides is 1. The fourth-order valence-electron chi connectivity index (χ4n) is 3.90. The van der Waals surface area contributed by atoms with Crippen LogP contribution in [0.1, 0.15) is 35.6 Å². The first-order chi connectivity index (χ1) is 13.6. The van der Waals surface area contributed by atoms with Gasteiger partial charge in [0.25, 0.3) is 5.91 Å². The molecule has 0 aliphatic heterocycles. The maximum absolute atomic E-state index is 12.5. The molecule has 144 valence electrons. The van der Waals surface area contributed by atoms with Crippen molar-refractivity contribution < 1.29 is 13.9 Å². The van der Waals surface area contributed by atoms with Crippen LogP contribution < -0.4 is 15.7 Å². The van der Waals surface area contributed by atoms with E-state index in [-0.39, 0.29) is 18.1 Å². The molecule has 1 N–H and O–H groups in total. The van der Waals surface area contributed by atoms with E-state index < -0.39 is 0 Å². The van der Waals surface area contributed by atoms with Crippen molar-refractivity contribution in [3.05, 3.63) is 69.1 Å². The summed E-state index contributed by atoms with van der Waals surface area (Å²) in [6.07, 6.45) is 3.33. The van der Waals surface area contributed by atoms with Gasteiger partial charge in [0, 0.05) is 11.3 Å². The second-order valence-electron chi connectivity index (χ2n) is 7.18. The molecule has 1 aliphatic rings. The Kier molecular flexibility index (Phi) is 4.90.